The quantitative estimate of drug-likeness (QED) is 0.612. The number of halogens is 2. The van der Waals surface area contributed by atoms with E-state index in [1.807, 2.05) is 0 Å². The van der Waals surface area contributed by atoms with Gasteiger partial charge in [0.15, 0.2) is 0 Å². The van der Waals surface area contributed by atoms with E-state index in [-0.39, 0.29) is 0 Å². The predicted octanol–water partition coefficient (Wildman–Crippen LogP) is 0.529. The molecule has 1 unspecified atom stereocenters. The van der Waals surface area contributed by atoms with Crippen molar-refractivity contribution in [3.63, 3.8) is 0 Å². The summed E-state index contributed by atoms with van der Waals surface area (Å²) in [4.78, 5) is 0. The van der Waals surface area contributed by atoms with Crippen LogP contribution in [0.3, 0.4) is 0 Å². The minimum absolute atomic E-state index is 0.807. The molecule has 1 atom stereocenters. The molecule has 0 aliphatic heterocycles. The Kier molecular flexibility index (Phi) is 2.99. The Morgan fingerprint density at radius 1 is 1.56 bits per heavy atom. The average molecular weight is 160 g/mol. The summed E-state index contributed by atoms with van der Waals surface area (Å²) in [5.41, 5.74) is -2.48. The van der Waals surface area contributed by atoms with Crippen molar-refractivity contribution in [1.82, 2.24) is 0 Å². The Balaban J connectivity index is 3.90. The zero-order valence-corrected chi connectivity index (χ0v) is 5.24. The summed E-state index contributed by atoms with van der Waals surface area (Å²) in [6.45, 7) is -1.10. The van der Waals surface area contributed by atoms with Crippen molar-refractivity contribution in [1.29, 1.82) is 0 Å². The second kappa shape index (κ2) is 3.07. The Morgan fingerprint density at radius 2 is 2.00 bits per heavy atom. The molecule has 0 radical (unpaired) electrons. The van der Waals surface area contributed by atoms with Crippen molar-refractivity contribution in [3.05, 3.63) is 0 Å². The van der Waals surface area contributed by atoms with Crippen LogP contribution in [0.4, 0.5) is 8.78 Å². The van der Waals surface area contributed by atoms with E-state index >= 15 is 0 Å². The molecule has 0 aromatic rings. The first kappa shape index (κ1) is 8.77. The van der Waals surface area contributed by atoms with Gasteiger partial charge in [-0.15, -0.1) is 0 Å². The van der Waals surface area contributed by atoms with Gasteiger partial charge in [-0.2, -0.15) is 8.42 Å². The van der Waals surface area contributed by atoms with Gasteiger partial charge in [0, 0.05) is 6.42 Å². The average Bonchev–Trinajstić information content (AvgIpc) is 1.64. The fraction of sp³-hybridized carbons (Fsp3) is 1.00. The van der Waals surface area contributed by atoms with Crippen LogP contribution in [0.1, 0.15) is 6.42 Å². The van der Waals surface area contributed by atoms with Crippen LogP contribution < -0.4 is 0 Å². The summed E-state index contributed by atoms with van der Waals surface area (Å²) in [6.07, 6.45) is -0.807. The van der Waals surface area contributed by atoms with E-state index in [9.17, 15) is 17.2 Å². The maximum atomic E-state index is 11.8. The summed E-state index contributed by atoms with van der Waals surface area (Å²) >= 11 is 0. The SMILES string of the molecule is O=S(=O)(O)C(F)CCF. The smallest absolute Gasteiger partial charge is 0.283 e. The molecule has 0 aromatic heterocycles. The van der Waals surface area contributed by atoms with E-state index in [4.69, 9.17) is 4.55 Å². The maximum Gasteiger partial charge on any atom is 0.297 e. The van der Waals surface area contributed by atoms with Crippen molar-refractivity contribution >= 4 is 10.1 Å². The highest BCUT2D eigenvalue weighted by atomic mass is 32.2. The maximum absolute atomic E-state index is 11.8. The van der Waals surface area contributed by atoms with Crippen molar-refractivity contribution in [2.24, 2.45) is 0 Å². The van der Waals surface area contributed by atoms with E-state index in [2.05, 4.69) is 0 Å². The van der Waals surface area contributed by atoms with Crippen molar-refractivity contribution in [2.75, 3.05) is 6.67 Å². The van der Waals surface area contributed by atoms with Crippen LogP contribution in [0, 0.1) is 0 Å². The molecule has 0 aliphatic carbocycles. The van der Waals surface area contributed by atoms with Gasteiger partial charge < -0.3 is 0 Å². The number of rotatable bonds is 3. The molecule has 1 N–H and O–H groups in total. The molecule has 0 aromatic carbocycles. The fourth-order valence-electron chi connectivity index (χ4n) is 0.235. The highest BCUT2D eigenvalue weighted by Crippen LogP contribution is 2.04. The zero-order valence-electron chi connectivity index (χ0n) is 4.42. The van der Waals surface area contributed by atoms with E-state index in [1.54, 1.807) is 0 Å². The topological polar surface area (TPSA) is 54.4 Å². The normalized spacial score (nSPS) is 15.4. The van der Waals surface area contributed by atoms with Crippen LogP contribution in [-0.4, -0.2) is 25.1 Å². The molecule has 0 aliphatic rings. The highest BCUT2D eigenvalue weighted by molar-refractivity contribution is 7.86. The lowest BCUT2D eigenvalue weighted by Gasteiger charge is -1.98. The van der Waals surface area contributed by atoms with E-state index in [0.717, 1.165) is 0 Å². The molecule has 0 saturated carbocycles. The minimum atomic E-state index is -4.67. The molecule has 0 rings (SSSR count). The summed E-state index contributed by atoms with van der Waals surface area (Å²) < 4.78 is 50.3. The van der Waals surface area contributed by atoms with Crippen molar-refractivity contribution in [2.45, 2.75) is 11.9 Å². The third-order valence-electron chi connectivity index (χ3n) is 0.659. The molecule has 56 valence electrons. The van der Waals surface area contributed by atoms with Gasteiger partial charge in [0.1, 0.15) is 0 Å². The molecule has 0 heterocycles. The van der Waals surface area contributed by atoms with E-state index in [1.165, 1.54) is 0 Å². The van der Waals surface area contributed by atoms with Crippen LogP contribution in [0.2, 0.25) is 0 Å². The largest absolute Gasteiger partial charge is 0.297 e. The van der Waals surface area contributed by atoms with Crippen LogP contribution in [0.15, 0.2) is 0 Å². The second-order valence-corrected chi connectivity index (χ2v) is 2.94. The molecular formula is C3H6F2O3S. The van der Waals surface area contributed by atoms with Crippen LogP contribution >= 0.6 is 0 Å². The molecule has 9 heavy (non-hydrogen) atoms. The monoisotopic (exact) mass is 160 g/mol. The van der Waals surface area contributed by atoms with Crippen LogP contribution in [0.25, 0.3) is 0 Å². The molecule has 6 heteroatoms. The first-order chi connectivity index (χ1) is 3.98. The lowest BCUT2D eigenvalue weighted by molar-refractivity contribution is 0.327. The number of hydrogen-bond donors (Lipinski definition) is 1. The molecule has 0 saturated heterocycles. The number of hydrogen-bond acceptors (Lipinski definition) is 2. The lowest BCUT2D eigenvalue weighted by Crippen LogP contribution is -2.15. The Labute approximate surface area is 51.4 Å². The Hall–Kier alpha value is -0.230. The molecule has 0 bridgehead atoms. The summed E-state index contributed by atoms with van der Waals surface area (Å²) in [7, 11) is -4.67. The minimum Gasteiger partial charge on any atom is -0.283 e. The van der Waals surface area contributed by atoms with Gasteiger partial charge in [-0.25, -0.2) is 4.39 Å². The Morgan fingerprint density at radius 3 is 2.11 bits per heavy atom. The van der Waals surface area contributed by atoms with Gasteiger partial charge in [-0.3, -0.25) is 8.94 Å². The van der Waals surface area contributed by atoms with E-state index < -0.39 is 28.7 Å². The second-order valence-electron chi connectivity index (χ2n) is 1.40. The first-order valence-electron chi connectivity index (χ1n) is 2.15. The zero-order chi connectivity index (χ0) is 7.49. The predicted molar refractivity (Wildman–Crippen MR) is 27.0 cm³/mol. The molecular weight excluding hydrogens is 154 g/mol. The van der Waals surface area contributed by atoms with Crippen LogP contribution in [-0.2, 0) is 10.1 Å². The molecule has 0 spiro atoms. The number of alkyl halides is 2. The van der Waals surface area contributed by atoms with Gasteiger partial charge in [0.05, 0.1) is 6.67 Å². The summed E-state index contributed by atoms with van der Waals surface area (Å²) in [6, 6.07) is 0. The molecule has 3 nitrogen and oxygen atoms in total. The van der Waals surface area contributed by atoms with Gasteiger partial charge in [-0.1, -0.05) is 0 Å². The third kappa shape index (κ3) is 3.36. The highest BCUT2D eigenvalue weighted by Gasteiger charge is 2.20. The molecule has 0 fully saturated rings. The lowest BCUT2D eigenvalue weighted by atomic mass is 10.5. The van der Waals surface area contributed by atoms with Crippen molar-refractivity contribution < 1.29 is 21.8 Å². The van der Waals surface area contributed by atoms with Crippen molar-refractivity contribution in [3.8, 4) is 0 Å². The third-order valence-corrected chi connectivity index (χ3v) is 1.54. The fourth-order valence-corrected chi connectivity index (χ4v) is 0.622. The van der Waals surface area contributed by atoms with Gasteiger partial charge in [0.2, 0.25) is 5.50 Å². The van der Waals surface area contributed by atoms with Gasteiger partial charge in [-0.05, 0) is 0 Å². The van der Waals surface area contributed by atoms with Gasteiger partial charge in [0.25, 0.3) is 10.1 Å². The van der Waals surface area contributed by atoms with Gasteiger partial charge >= 0.3 is 0 Å². The van der Waals surface area contributed by atoms with E-state index in [0.29, 0.717) is 0 Å². The summed E-state index contributed by atoms with van der Waals surface area (Å²) in [5, 5.41) is 0. The van der Waals surface area contributed by atoms with Crippen LogP contribution in [0.5, 0.6) is 0 Å². The first-order valence-corrected chi connectivity index (χ1v) is 3.65. The molecule has 0 amide bonds. The Bertz CT molecular complexity index is 164. The summed E-state index contributed by atoms with van der Waals surface area (Å²) in [5.74, 6) is 0. The standard InChI is InChI=1S/C3H6F2O3S/c4-2-1-3(5)9(6,7)8/h3H,1-2H2,(H,6,7,8).